The quantitative estimate of drug-likeness (QED) is 0.705. The first-order valence-electron chi connectivity index (χ1n) is 9.04. The van der Waals surface area contributed by atoms with E-state index in [1.54, 1.807) is 30.6 Å². The normalized spacial score (nSPS) is 17.0. The molecule has 0 saturated carbocycles. The van der Waals surface area contributed by atoms with Gasteiger partial charge in [-0.15, -0.1) is 0 Å². The van der Waals surface area contributed by atoms with E-state index >= 15 is 0 Å². The smallest absolute Gasteiger partial charge is 0.253 e. The summed E-state index contributed by atoms with van der Waals surface area (Å²) in [6.45, 7) is 5.47. The maximum atomic E-state index is 12.9. The summed E-state index contributed by atoms with van der Waals surface area (Å²) in [5.41, 5.74) is 3.03. The maximum Gasteiger partial charge on any atom is 0.253 e. The molecule has 3 aromatic rings. The number of aromatic amines is 1. The number of nitrogens with one attached hydrogen (secondary N) is 1. The summed E-state index contributed by atoms with van der Waals surface area (Å²) in [6.07, 6.45) is 6.93. The number of hydrogen-bond acceptors (Lipinski definition) is 5. The van der Waals surface area contributed by atoms with Crippen LogP contribution in [0.4, 0.5) is 0 Å². The first kappa shape index (κ1) is 17.2. The van der Waals surface area contributed by atoms with Crippen molar-refractivity contribution in [1.29, 1.82) is 0 Å². The van der Waals surface area contributed by atoms with Crippen molar-refractivity contribution in [2.24, 2.45) is 0 Å². The molecular formula is C20H21N5O2. The van der Waals surface area contributed by atoms with Crippen LogP contribution in [-0.2, 0) is 0 Å². The third-order valence-electron chi connectivity index (χ3n) is 4.80. The van der Waals surface area contributed by atoms with E-state index in [0.29, 0.717) is 24.4 Å². The van der Waals surface area contributed by atoms with Crippen molar-refractivity contribution in [1.82, 2.24) is 25.1 Å². The average molecular weight is 363 g/mol. The van der Waals surface area contributed by atoms with Crippen LogP contribution in [0.3, 0.4) is 0 Å². The molecule has 0 bridgehead atoms. The van der Waals surface area contributed by atoms with Crippen molar-refractivity contribution in [3.05, 3.63) is 60.6 Å². The fraction of sp³-hybridized carbons (Fsp3) is 0.300. The largest absolute Gasteiger partial charge is 0.490 e. The van der Waals surface area contributed by atoms with Crippen molar-refractivity contribution in [3.8, 4) is 5.75 Å². The Morgan fingerprint density at radius 1 is 1.30 bits per heavy atom. The number of nitrogens with zero attached hydrogens (tertiary/aromatic N) is 4. The average Bonchev–Trinajstić information content (AvgIpc) is 3.16. The lowest BCUT2D eigenvalue weighted by Crippen LogP contribution is -2.39. The van der Waals surface area contributed by atoms with Crippen LogP contribution in [0, 0.1) is 0 Å². The molecule has 1 aliphatic heterocycles. The molecule has 1 amide bonds. The molecule has 4 rings (SSSR count). The van der Waals surface area contributed by atoms with Crippen LogP contribution in [0.15, 0.2) is 49.3 Å². The Balaban J connectivity index is 1.49. The van der Waals surface area contributed by atoms with Crippen LogP contribution in [0.2, 0.25) is 0 Å². The van der Waals surface area contributed by atoms with Gasteiger partial charge in [0.2, 0.25) is 0 Å². The summed E-state index contributed by atoms with van der Waals surface area (Å²) in [4.78, 5) is 23.4. The minimum absolute atomic E-state index is 0.0323. The van der Waals surface area contributed by atoms with Crippen LogP contribution in [0.1, 0.15) is 34.8 Å². The molecule has 1 fully saturated rings. The zero-order chi connectivity index (χ0) is 18.6. The van der Waals surface area contributed by atoms with Crippen LogP contribution in [0.5, 0.6) is 5.75 Å². The summed E-state index contributed by atoms with van der Waals surface area (Å²) >= 11 is 0. The summed E-state index contributed by atoms with van der Waals surface area (Å²) in [5, 5.41) is 7.31. The second-order valence-corrected chi connectivity index (χ2v) is 6.58. The van der Waals surface area contributed by atoms with E-state index < -0.39 is 0 Å². The van der Waals surface area contributed by atoms with Crippen LogP contribution >= 0.6 is 0 Å². The van der Waals surface area contributed by atoms with Gasteiger partial charge in [-0.25, -0.2) is 9.97 Å². The van der Waals surface area contributed by atoms with Gasteiger partial charge in [0.15, 0.2) is 5.65 Å². The topological polar surface area (TPSA) is 84.0 Å². The molecule has 0 spiro atoms. The number of aromatic nitrogens is 4. The van der Waals surface area contributed by atoms with E-state index in [2.05, 4.69) is 26.7 Å². The SMILES string of the molecule is C=CCOc1ccc(C(=O)N2CCCC(c3[nH]nc4nccnc34)C2)cc1. The number of carbonyl (C=O) groups excluding carboxylic acids is 1. The molecule has 2 aromatic heterocycles. The van der Waals surface area contributed by atoms with Gasteiger partial charge in [0.05, 0.1) is 5.69 Å². The van der Waals surface area contributed by atoms with Gasteiger partial charge in [-0.3, -0.25) is 9.89 Å². The van der Waals surface area contributed by atoms with Gasteiger partial charge < -0.3 is 9.64 Å². The summed E-state index contributed by atoms with van der Waals surface area (Å²) in [6, 6.07) is 7.25. The molecule has 0 radical (unpaired) electrons. The lowest BCUT2D eigenvalue weighted by Gasteiger charge is -2.32. The maximum absolute atomic E-state index is 12.9. The lowest BCUT2D eigenvalue weighted by atomic mass is 9.94. The highest BCUT2D eigenvalue weighted by molar-refractivity contribution is 5.94. The number of H-pyrrole nitrogens is 1. The van der Waals surface area contributed by atoms with E-state index in [-0.39, 0.29) is 11.8 Å². The summed E-state index contributed by atoms with van der Waals surface area (Å²) in [7, 11) is 0. The molecule has 1 aliphatic rings. The molecule has 138 valence electrons. The highest BCUT2D eigenvalue weighted by Gasteiger charge is 2.28. The minimum Gasteiger partial charge on any atom is -0.490 e. The number of hydrogen-bond donors (Lipinski definition) is 1. The van der Waals surface area contributed by atoms with E-state index in [4.69, 9.17) is 4.74 Å². The van der Waals surface area contributed by atoms with E-state index in [9.17, 15) is 4.79 Å². The lowest BCUT2D eigenvalue weighted by molar-refractivity contribution is 0.0706. The fourth-order valence-corrected chi connectivity index (χ4v) is 3.48. The van der Waals surface area contributed by atoms with Gasteiger partial charge >= 0.3 is 0 Å². The van der Waals surface area contributed by atoms with Crippen LogP contribution in [0.25, 0.3) is 11.2 Å². The van der Waals surface area contributed by atoms with Gasteiger partial charge in [-0.1, -0.05) is 12.7 Å². The second-order valence-electron chi connectivity index (χ2n) is 6.58. The number of fused-ring (bicyclic) bond motifs is 1. The molecule has 27 heavy (non-hydrogen) atoms. The van der Waals surface area contributed by atoms with Gasteiger partial charge in [-0.2, -0.15) is 5.10 Å². The molecule has 1 aromatic carbocycles. The van der Waals surface area contributed by atoms with E-state index in [0.717, 1.165) is 36.3 Å². The Morgan fingerprint density at radius 2 is 2.11 bits per heavy atom. The highest BCUT2D eigenvalue weighted by atomic mass is 16.5. The molecule has 1 unspecified atom stereocenters. The van der Waals surface area contributed by atoms with E-state index in [1.165, 1.54) is 0 Å². The van der Waals surface area contributed by atoms with Gasteiger partial charge in [-0.05, 0) is 37.1 Å². The third-order valence-corrected chi connectivity index (χ3v) is 4.80. The molecule has 1 saturated heterocycles. The number of piperidine rings is 1. The molecule has 3 heterocycles. The van der Waals surface area contributed by atoms with Crippen molar-refractivity contribution < 1.29 is 9.53 Å². The van der Waals surface area contributed by atoms with Gasteiger partial charge in [0, 0.05) is 37.0 Å². The number of amides is 1. The summed E-state index contributed by atoms with van der Waals surface area (Å²) in [5.74, 6) is 0.940. The van der Waals surface area contributed by atoms with Crippen molar-refractivity contribution in [2.75, 3.05) is 19.7 Å². The third kappa shape index (κ3) is 3.53. The van der Waals surface area contributed by atoms with Crippen LogP contribution < -0.4 is 4.74 Å². The molecule has 1 N–H and O–H groups in total. The number of ether oxygens (including phenoxy) is 1. The standard InChI is InChI=1S/C20H21N5O2/c1-2-12-27-16-7-5-14(6-8-16)20(26)25-11-3-4-15(13-25)17-18-19(24-23-17)22-10-9-21-18/h2,5-10,15H,1,3-4,11-13H2,(H,22,23,24). The molecule has 1 atom stereocenters. The second kappa shape index (κ2) is 7.57. The first-order valence-corrected chi connectivity index (χ1v) is 9.04. The van der Waals surface area contributed by atoms with Gasteiger partial charge in [0.1, 0.15) is 17.9 Å². The Hall–Kier alpha value is -3.22. The van der Waals surface area contributed by atoms with Crippen molar-refractivity contribution >= 4 is 17.1 Å². The predicted octanol–water partition coefficient (Wildman–Crippen LogP) is 2.94. The van der Waals surface area contributed by atoms with Crippen molar-refractivity contribution in [3.63, 3.8) is 0 Å². The number of carbonyl (C=O) groups is 1. The Labute approximate surface area is 157 Å². The fourth-order valence-electron chi connectivity index (χ4n) is 3.48. The monoisotopic (exact) mass is 363 g/mol. The van der Waals surface area contributed by atoms with Crippen LogP contribution in [-0.4, -0.2) is 50.7 Å². The predicted molar refractivity (Wildman–Crippen MR) is 102 cm³/mol. The zero-order valence-electron chi connectivity index (χ0n) is 15.0. The highest BCUT2D eigenvalue weighted by Crippen LogP contribution is 2.29. The zero-order valence-corrected chi connectivity index (χ0v) is 15.0. The Morgan fingerprint density at radius 3 is 2.93 bits per heavy atom. The van der Waals surface area contributed by atoms with E-state index in [1.807, 2.05) is 17.0 Å². The molecular weight excluding hydrogens is 342 g/mol. The first-order chi connectivity index (χ1) is 13.3. The number of benzene rings is 1. The number of rotatable bonds is 5. The molecule has 0 aliphatic carbocycles. The Bertz CT molecular complexity index is 950. The molecule has 7 heteroatoms. The minimum atomic E-state index is 0.0323. The Kier molecular flexibility index (Phi) is 4.82. The number of likely N-dealkylation sites (tertiary alicyclic amines) is 1. The van der Waals surface area contributed by atoms with Gasteiger partial charge in [0.25, 0.3) is 5.91 Å². The molecule has 7 nitrogen and oxygen atoms in total. The van der Waals surface area contributed by atoms with Crippen molar-refractivity contribution in [2.45, 2.75) is 18.8 Å². The summed E-state index contributed by atoms with van der Waals surface area (Å²) < 4.78 is 5.48.